The third-order valence-electron chi connectivity index (χ3n) is 3.40. The standard InChI is InChI=1S/C12H16O2/c1-9-3-5-12(10(2)7-9)6-4-11(13)14-8-12/h3H,2,4-8H2,1H3. The number of ether oxygens (including phenoxy) is 1. The summed E-state index contributed by atoms with van der Waals surface area (Å²) in [6.45, 7) is 6.80. The van der Waals surface area contributed by atoms with Gasteiger partial charge in [-0.1, -0.05) is 23.8 Å². The van der Waals surface area contributed by atoms with Gasteiger partial charge in [-0.15, -0.1) is 0 Å². The lowest BCUT2D eigenvalue weighted by Crippen LogP contribution is -2.36. The zero-order valence-electron chi connectivity index (χ0n) is 8.64. The summed E-state index contributed by atoms with van der Waals surface area (Å²) in [6.07, 6.45) is 5.68. The first kappa shape index (κ1) is 9.50. The molecule has 1 unspecified atom stereocenters. The lowest BCUT2D eigenvalue weighted by Gasteiger charge is -2.40. The van der Waals surface area contributed by atoms with Crippen LogP contribution in [0.3, 0.4) is 0 Å². The van der Waals surface area contributed by atoms with Gasteiger partial charge in [0.25, 0.3) is 0 Å². The van der Waals surface area contributed by atoms with Crippen LogP contribution >= 0.6 is 0 Å². The number of hydrogen-bond acceptors (Lipinski definition) is 2. The van der Waals surface area contributed by atoms with Gasteiger partial charge in [0, 0.05) is 11.8 Å². The van der Waals surface area contributed by atoms with Gasteiger partial charge in [0.2, 0.25) is 0 Å². The minimum Gasteiger partial charge on any atom is -0.465 e. The largest absolute Gasteiger partial charge is 0.465 e. The van der Waals surface area contributed by atoms with Crippen LogP contribution in [0.2, 0.25) is 0 Å². The fourth-order valence-corrected chi connectivity index (χ4v) is 2.25. The molecule has 76 valence electrons. The van der Waals surface area contributed by atoms with Crippen molar-refractivity contribution in [1.29, 1.82) is 0 Å². The number of carbonyl (C=O) groups excluding carboxylic acids is 1. The van der Waals surface area contributed by atoms with Gasteiger partial charge in [-0.05, 0) is 26.2 Å². The van der Waals surface area contributed by atoms with Crippen LogP contribution in [0.4, 0.5) is 0 Å². The number of carbonyl (C=O) groups is 1. The van der Waals surface area contributed by atoms with Crippen LogP contribution in [0, 0.1) is 5.41 Å². The minimum atomic E-state index is -0.0605. The van der Waals surface area contributed by atoms with E-state index in [1.54, 1.807) is 0 Å². The normalized spacial score (nSPS) is 32.8. The summed E-state index contributed by atoms with van der Waals surface area (Å²) in [5.41, 5.74) is 2.69. The monoisotopic (exact) mass is 192 g/mol. The number of hydrogen-bond donors (Lipinski definition) is 0. The van der Waals surface area contributed by atoms with Crippen molar-refractivity contribution in [3.8, 4) is 0 Å². The Labute approximate surface area is 84.6 Å². The Bertz CT molecular complexity index is 302. The number of esters is 1. The summed E-state index contributed by atoms with van der Waals surface area (Å²) >= 11 is 0. The molecule has 0 radical (unpaired) electrons. The lowest BCUT2D eigenvalue weighted by molar-refractivity contribution is -0.152. The highest BCUT2D eigenvalue weighted by molar-refractivity contribution is 5.70. The zero-order valence-corrected chi connectivity index (χ0v) is 8.64. The average Bonchev–Trinajstić information content (AvgIpc) is 2.16. The van der Waals surface area contributed by atoms with Crippen LogP contribution in [0.1, 0.15) is 32.6 Å². The summed E-state index contributed by atoms with van der Waals surface area (Å²) in [6, 6.07) is 0. The van der Waals surface area contributed by atoms with Crippen LogP contribution in [0.5, 0.6) is 0 Å². The summed E-state index contributed by atoms with van der Waals surface area (Å²) in [7, 11) is 0. The maximum absolute atomic E-state index is 11.0. The van der Waals surface area contributed by atoms with E-state index in [1.165, 1.54) is 11.1 Å². The van der Waals surface area contributed by atoms with E-state index >= 15 is 0 Å². The van der Waals surface area contributed by atoms with E-state index in [2.05, 4.69) is 19.6 Å². The van der Waals surface area contributed by atoms with Crippen molar-refractivity contribution in [2.45, 2.75) is 32.6 Å². The molecule has 0 saturated carbocycles. The second kappa shape index (κ2) is 3.26. The van der Waals surface area contributed by atoms with Gasteiger partial charge in [0.15, 0.2) is 0 Å². The molecule has 0 N–H and O–H groups in total. The first-order valence-corrected chi connectivity index (χ1v) is 5.12. The van der Waals surface area contributed by atoms with Gasteiger partial charge in [-0.3, -0.25) is 4.79 Å². The van der Waals surface area contributed by atoms with Crippen LogP contribution in [-0.4, -0.2) is 12.6 Å². The van der Waals surface area contributed by atoms with Gasteiger partial charge in [0.05, 0.1) is 0 Å². The molecule has 1 atom stereocenters. The van der Waals surface area contributed by atoms with Crippen molar-refractivity contribution >= 4 is 5.97 Å². The summed E-state index contributed by atoms with van der Waals surface area (Å²) in [5.74, 6) is -0.0605. The van der Waals surface area contributed by atoms with E-state index in [1.807, 2.05) is 0 Å². The van der Waals surface area contributed by atoms with Crippen LogP contribution in [0.25, 0.3) is 0 Å². The van der Waals surface area contributed by atoms with Crippen LogP contribution < -0.4 is 0 Å². The van der Waals surface area contributed by atoms with Crippen molar-refractivity contribution in [3.05, 3.63) is 23.8 Å². The third kappa shape index (κ3) is 1.49. The van der Waals surface area contributed by atoms with E-state index in [-0.39, 0.29) is 11.4 Å². The van der Waals surface area contributed by atoms with Crippen molar-refractivity contribution < 1.29 is 9.53 Å². The van der Waals surface area contributed by atoms with Gasteiger partial charge in [-0.2, -0.15) is 0 Å². The Morgan fingerprint density at radius 3 is 2.93 bits per heavy atom. The second-order valence-corrected chi connectivity index (χ2v) is 4.48. The number of cyclic esters (lactones) is 1. The summed E-state index contributed by atoms with van der Waals surface area (Å²) < 4.78 is 5.15. The van der Waals surface area contributed by atoms with Crippen LogP contribution in [-0.2, 0) is 9.53 Å². The molecular formula is C12H16O2. The summed E-state index contributed by atoms with van der Waals surface area (Å²) in [4.78, 5) is 11.0. The van der Waals surface area contributed by atoms with Gasteiger partial charge >= 0.3 is 5.97 Å². The maximum Gasteiger partial charge on any atom is 0.305 e. The molecule has 1 heterocycles. The molecule has 0 aromatic rings. The van der Waals surface area contributed by atoms with E-state index < -0.39 is 0 Å². The summed E-state index contributed by atoms with van der Waals surface area (Å²) in [5, 5.41) is 0. The Morgan fingerprint density at radius 1 is 1.57 bits per heavy atom. The van der Waals surface area contributed by atoms with Crippen molar-refractivity contribution in [3.63, 3.8) is 0 Å². The maximum atomic E-state index is 11.0. The van der Waals surface area contributed by atoms with E-state index in [9.17, 15) is 4.79 Å². The fourth-order valence-electron chi connectivity index (χ4n) is 2.25. The van der Waals surface area contributed by atoms with Crippen molar-refractivity contribution in [2.75, 3.05) is 6.61 Å². The molecule has 1 fully saturated rings. The Morgan fingerprint density at radius 2 is 2.36 bits per heavy atom. The van der Waals surface area contributed by atoms with Crippen molar-refractivity contribution in [1.82, 2.24) is 0 Å². The second-order valence-electron chi connectivity index (χ2n) is 4.48. The molecule has 1 aliphatic carbocycles. The average molecular weight is 192 g/mol. The highest BCUT2D eigenvalue weighted by Crippen LogP contribution is 2.44. The van der Waals surface area contributed by atoms with Gasteiger partial charge in [0.1, 0.15) is 6.61 Å². The molecule has 0 bridgehead atoms. The van der Waals surface area contributed by atoms with E-state index in [4.69, 9.17) is 4.74 Å². The smallest absolute Gasteiger partial charge is 0.305 e. The predicted octanol–water partition coefficient (Wildman–Crippen LogP) is 2.61. The highest BCUT2D eigenvalue weighted by atomic mass is 16.5. The molecule has 1 aliphatic heterocycles. The van der Waals surface area contributed by atoms with Gasteiger partial charge < -0.3 is 4.74 Å². The fraction of sp³-hybridized carbons (Fsp3) is 0.583. The van der Waals surface area contributed by atoms with Crippen LogP contribution in [0.15, 0.2) is 23.8 Å². The highest BCUT2D eigenvalue weighted by Gasteiger charge is 2.39. The molecule has 2 nitrogen and oxygen atoms in total. The van der Waals surface area contributed by atoms with Gasteiger partial charge in [-0.25, -0.2) is 0 Å². The first-order chi connectivity index (χ1) is 6.62. The predicted molar refractivity (Wildman–Crippen MR) is 54.8 cm³/mol. The molecule has 0 aromatic heterocycles. The molecule has 1 spiro atoms. The SMILES string of the molecule is C=C1CC(C)=CCC12CCC(=O)OC2. The molecule has 2 rings (SSSR count). The molecule has 1 saturated heterocycles. The topological polar surface area (TPSA) is 26.3 Å². The lowest BCUT2D eigenvalue weighted by atomic mass is 9.69. The molecular weight excluding hydrogens is 176 g/mol. The molecule has 2 heteroatoms. The van der Waals surface area contributed by atoms with Crippen molar-refractivity contribution in [2.24, 2.45) is 5.41 Å². The Balaban J connectivity index is 2.17. The van der Waals surface area contributed by atoms with E-state index in [0.29, 0.717) is 13.0 Å². The molecule has 2 aliphatic rings. The minimum absolute atomic E-state index is 0.0605. The number of allylic oxidation sites excluding steroid dienone is 2. The zero-order chi connectivity index (χ0) is 10.2. The molecule has 0 amide bonds. The quantitative estimate of drug-likeness (QED) is 0.435. The number of rotatable bonds is 0. The molecule has 14 heavy (non-hydrogen) atoms. The first-order valence-electron chi connectivity index (χ1n) is 5.12. The Kier molecular flexibility index (Phi) is 2.22. The molecule has 0 aromatic carbocycles. The van der Waals surface area contributed by atoms with E-state index in [0.717, 1.165) is 19.3 Å². The third-order valence-corrected chi connectivity index (χ3v) is 3.40. The Hall–Kier alpha value is -1.05.